The number of carbonyl (C=O) groups is 1. The summed E-state index contributed by atoms with van der Waals surface area (Å²) < 4.78 is 11.0. The fourth-order valence-electron chi connectivity index (χ4n) is 3.89. The van der Waals surface area contributed by atoms with Gasteiger partial charge in [-0.25, -0.2) is 0 Å². The van der Waals surface area contributed by atoms with Crippen LogP contribution >= 0.6 is 11.3 Å². The molecule has 0 fully saturated rings. The molecule has 34 heavy (non-hydrogen) atoms. The third-order valence-electron chi connectivity index (χ3n) is 5.83. The highest BCUT2D eigenvalue weighted by atomic mass is 32.1. The molecular weight excluding hydrogens is 444 g/mol. The summed E-state index contributed by atoms with van der Waals surface area (Å²) in [5, 5.41) is 7.66. The van der Waals surface area contributed by atoms with Gasteiger partial charge in [0.15, 0.2) is 0 Å². The lowest BCUT2D eigenvalue weighted by Gasteiger charge is -2.24. The average Bonchev–Trinajstić information content (AvgIpc) is 3.15. The van der Waals surface area contributed by atoms with Crippen molar-refractivity contribution in [1.29, 1.82) is 0 Å². The van der Waals surface area contributed by atoms with Crippen molar-refractivity contribution < 1.29 is 14.3 Å². The molecule has 0 aliphatic rings. The normalized spacial score (nSPS) is 11.5. The summed E-state index contributed by atoms with van der Waals surface area (Å²) in [4.78, 5) is 14.2. The number of ether oxygens (including phenoxy) is 2. The molecule has 5 nitrogen and oxygen atoms in total. The lowest BCUT2D eigenvalue weighted by Crippen LogP contribution is -2.17. The minimum atomic E-state index is -0.209. The number of rotatable bonds is 8. The number of anilines is 2. The second-order valence-corrected chi connectivity index (χ2v) is 9.13. The maximum Gasteiger partial charge on any atom is 0.256 e. The summed E-state index contributed by atoms with van der Waals surface area (Å²) >= 11 is 1.59. The largest absolute Gasteiger partial charge is 0.497 e. The van der Waals surface area contributed by atoms with E-state index in [0.717, 1.165) is 38.0 Å². The molecule has 0 saturated carbocycles. The molecule has 0 radical (unpaired) electrons. The van der Waals surface area contributed by atoms with E-state index in [1.807, 2.05) is 66.7 Å². The number of amides is 1. The predicted octanol–water partition coefficient (Wildman–Crippen LogP) is 6.84. The van der Waals surface area contributed by atoms with E-state index in [0.29, 0.717) is 11.3 Å². The van der Waals surface area contributed by atoms with Crippen LogP contribution in [0.4, 0.5) is 10.7 Å². The van der Waals surface area contributed by atoms with Crippen LogP contribution in [0.2, 0.25) is 0 Å². The van der Waals surface area contributed by atoms with Crippen LogP contribution in [0, 0.1) is 13.8 Å². The van der Waals surface area contributed by atoms with Crippen LogP contribution in [0.3, 0.4) is 0 Å². The van der Waals surface area contributed by atoms with Gasteiger partial charge in [0.05, 0.1) is 25.9 Å². The Bertz CT molecular complexity index is 1270. The van der Waals surface area contributed by atoms with Gasteiger partial charge in [0.2, 0.25) is 0 Å². The topological polar surface area (TPSA) is 59.6 Å². The Kier molecular flexibility index (Phi) is 7.18. The van der Waals surface area contributed by atoms with Crippen molar-refractivity contribution in [1.82, 2.24) is 0 Å². The third kappa shape index (κ3) is 4.92. The number of nitrogens with one attached hydrogen (secondary N) is 2. The second-order valence-electron chi connectivity index (χ2n) is 7.90. The average molecular weight is 473 g/mol. The third-order valence-corrected chi connectivity index (χ3v) is 6.96. The molecule has 1 atom stereocenters. The van der Waals surface area contributed by atoms with Crippen molar-refractivity contribution in [2.24, 2.45) is 0 Å². The summed E-state index contributed by atoms with van der Waals surface area (Å²) in [6, 6.07) is 25.0. The first-order valence-corrected chi connectivity index (χ1v) is 11.8. The van der Waals surface area contributed by atoms with Gasteiger partial charge in [0.1, 0.15) is 16.5 Å². The quantitative estimate of drug-likeness (QED) is 0.295. The number of hydrogen-bond acceptors (Lipinski definition) is 5. The minimum absolute atomic E-state index is 0.128. The second kappa shape index (κ2) is 10.4. The van der Waals surface area contributed by atoms with Gasteiger partial charge in [0, 0.05) is 22.1 Å². The Morgan fingerprint density at radius 1 is 0.882 bits per heavy atom. The van der Waals surface area contributed by atoms with Crippen molar-refractivity contribution in [3.05, 3.63) is 106 Å². The van der Waals surface area contributed by atoms with E-state index in [-0.39, 0.29) is 11.9 Å². The van der Waals surface area contributed by atoms with Gasteiger partial charge in [0.25, 0.3) is 5.91 Å². The fourth-order valence-corrected chi connectivity index (χ4v) is 4.98. The molecule has 0 spiro atoms. The van der Waals surface area contributed by atoms with Gasteiger partial charge >= 0.3 is 0 Å². The SMILES string of the molecule is COc1ccc(NC(c2ccccc2)c2c(NC(=O)c3ccccc3)sc(C)c2C)c(OC)c1. The fraction of sp³-hybridized carbons (Fsp3) is 0.179. The van der Waals surface area contributed by atoms with Crippen LogP contribution < -0.4 is 20.1 Å². The van der Waals surface area contributed by atoms with E-state index < -0.39 is 0 Å². The molecule has 4 aromatic rings. The Morgan fingerprint density at radius 2 is 1.56 bits per heavy atom. The van der Waals surface area contributed by atoms with E-state index in [4.69, 9.17) is 9.47 Å². The van der Waals surface area contributed by atoms with Gasteiger partial charge in [-0.15, -0.1) is 11.3 Å². The Hall–Kier alpha value is -3.77. The molecule has 6 heteroatoms. The number of benzene rings is 3. The molecule has 1 heterocycles. The van der Waals surface area contributed by atoms with E-state index in [2.05, 4.69) is 36.6 Å². The maximum atomic E-state index is 13.0. The van der Waals surface area contributed by atoms with E-state index in [1.54, 1.807) is 25.6 Å². The summed E-state index contributed by atoms with van der Waals surface area (Å²) in [6.45, 7) is 4.18. The minimum Gasteiger partial charge on any atom is -0.497 e. The Labute approximate surface area is 204 Å². The molecule has 3 aromatic carbocycles. The number of thiophene rings is 1. The standard InChI is InChI=1S/C28H28N2O3S/c1-18-19(2)34-28(30-27(31)21-13-9-6-10-14-21)25(18)26(20-11-7-5-8-12-20)29-23-16-15-22(32-3)17-24(23)33-4/h5-17,26,29H,1-4H3,(H,30,31). The van der Waals surface area contributed by atoms with Gasteiger partial charge in [-0.2, -0.15) is 0 Å². The van der Waals surface area contributed by atoms with Crippen molar-refractivity contribution in [2.75, 3.05) is 24.9 Å². The van der Waals surface area contributed by atoms with Crippen LogP contribution in [0.1, 0.15) is 38.0 Å². The first kappa shape index (κ1) is 23.4. The van der Waals surface area contributed by atoms with Crippen LogP contribution in [-0.4, -0.2) is 20.1 Å². The summed E-state index contributed by atoms with van der Waals surface area (Å²) in [5.41, 5.74) is 4.72. The van der Waals surface area contributed by atoms with Crippen molar-refractivity contribution >= 4 is 27.9 Å². The number of aryl methyl sites for hydroxylation is 1. The summed E-state index contributed by atoms with van der Waals surface area (Å²) in [6.07, 6.45) is 0. The first-order chi connectivity index (χ1) is 16.5. The summed E-state index contributed by atoms with van der Waals surface area (Å²) in [5.74, 6) is 1.27. The van der Waals surface area contributed by atoms with Crippen LogP contribution in [0.25, 0.3) is 0 Å². The van der Waals surface area contributed by atoms with Crippen molar-refractivity contribution in [3.8, 4) is 11.5 Å². The number of carbonyl (C=O) groups excluding carboxylic acids is 1. The number of methoxy groups -OCH3 is 2. The van der Waals surface area contributed by atoms with Crippen molar-refractivity contribution in [2.45, 2.75) is 19.9 Å². The zero-order valence-corrected chi connectivity index (χ0v) is 20.5. The Balaban J connectivity index is 1.78. The van der Waals surface area contributed by atoms with Gasteiger partial charge in [-0.1, -0.05) is 48.5 Å². The molecule has 1 aromatic heterocycles. The smallest absolute Gasteiger partial charge is 0.256 e. The maximum absolute atomic E-state index is 13.0. The summed E-state index contributed by atoms with van der Waals surface area (Å²) in [7, 11) is 3.27. The zero-order valence-electron chi connectivity index (χ0n) is 19.7. The zero-order chi connectivity index (χ0) is 24.1. The highest BCUT2D eigenvalue weighted by Crippen LogP contribution is 2.42. The van der Waals surface area contributed by atoms with E-state index in [9.17, 15) is 4.79 Å². The number of hydrogen-bond donors (Lipinski definition) is 2. The van der Waals surface area contributed by atoms with Crippen LogP contribution in [-0.2, 0) is 0 Å². The molecule has 0 aliphatic carbocycles. The lowest BCUT2D eigenvalue weighted by atomic mass is 9.96. The molecule has 1 unspecified atom stereocenters. The molecule has 0 bridgehead atoms. The van der Waals surface area contributed by atoms with Crippen LogP contribution in [0.5, 0.6) is 11.5 Å². The predicted molar refractivity (Wildman–Crippen MR) is 140 cm³/mol. The Morgan fingerprint density at radius 3 is 2.21 bits per heavy atom. The van der Waals surface area contributed by atoms with E-state index in [1.165, 1.54) is 0 Å². The first-order valence-electron chi connectivity index (χ1n) is 11.0. The monoisotopic (exact) mass is 472 g/mol. The molecular formula is C28H28N2O3S. The van der Waals surface area contributed by atoms with Crippen LogP contribution in [0.15, 0.2) is 78.9 Å². The van der Waals surface area contributed by atoms with Gasteiger partial charge in [-0.3, -0.25) is 4.79 Å². The molecule has 0 saturated heterocycles. The molecule has 2 N–H and O–H groups in total. The molecule has 174 valence electrons. The molecule has 1 amide bonds. The van der Waals surface area contributed by atoms with Crippen molar-refractivity contribution in [3.63, 3.8) is 0 Å². The van der Waals surface area contributed by atoms with Gasteiger partial charge < -0.3 is 20.1 Å². The molecule has 4 rings (SSSR count). The molecule has 0 aliphatic heterocycles. The van der Waals surface area contributed by atoms with E-state index >= 15 is 0 Å². The van der Waals surface area contributed by atoms with Gasteiger partial charge in [-0.05, 0) is 49.2 Å². The highest BCUT2D eigenvalue weighted by Gasteiger charge is 2.25. The highest BCUT2D eigenvalue weighted by molar-refractivity contribution is 7.16. The lowest BCUT2D eigenvalue weighted by molar-refractivity contribution is 0.102.